The lowest BCUT2D eigenvalue weighted by molar-refractivity contribution is -0.136. The second kappa shape index (κ2) is 13.6. The molecule has 1 rings (SSSR count). The van der Waals surface area contributed by atoms with Crippen LogP contribution in [0.1, 0.15) is 59.1 Å². The predicted octanol–water partition coefficient (Wildman–Crippen LogP) is 3.07. The fraction of sp³-hybridized carbons (Fsp3) is 0.591. The number of carbonyl (C=O) groups is 3. The van der Waals surface area contributed by atoms with Crippen molar-refractivity contribution >= 4 is 23.8 Å². The molecular weight excluding hydrogens is 370 g/mol. The van der Waals surface area contributed by atoms with Crippen LogP contribution in [0.3, 0.4) is 0 Å². The summed E-state index contributed by atoms with van der Waals surface area (Å²) in [6.45, 7) is 10.4. The molecule has 7 nitrogen and oxygen atoms in total. The molecule has 0 aromatic carbocycles. The highest BCUT2D eigenvalue weighted by Crippen LogP contribution is 2.08. The van der Waals surface area contributed by atoms with Gasteiger partial charge >= 0.3 is 0 Å². The van der Waals surface area contributed by atoms with Crippen molar-refractivity contribution in [2.75, 3.05) is 26.2 Å². The molecule has 29 heavy (non-hydrogen) atoms. The monoisotopic (exact) mass is 405 g/mol. The smallest absolute Gasteiger partial charge is 0.245 e. The third-order valence-corrected chi connectivity index (χ3v) is 4.62. The fourth-order valence-corrected chi connectivity index (χ4v) is 3.12. The number of rotatable bonds is 13. The van der Waals surface area contributed by atoms with E-state index in [1.165, 1.54) is 12.3 Å². The van der Waals surface area contributed by atoms with E-state index in [9.17, 15) is 14.4 Å². The Hall–Kier alpha value is -2.57. The number of nitrogens with one attached hydrogen (secondary N) is 1. The van der Waals surface area contributed by atoms with Crippen LogP contribution in [0.5, 0.6) is 0 Å². The maximum absolute atomic E-state index is 13.1. The minimum atomic E-state index is -0.735. The van der Waals surface area contributed by atoms with E-state index in [4.69, 9.17) is 4.42 Å². The first-order valence-corrected chi connectivity index (χ1v) is 10.5. The summed E-state index contributed by atoms with van der Waals surface area (Å²) in [6.07, 6.45) is 6.58. The lowest BCUT2D eigenvalue weighted by atomic mass is 10.1. The van der Waals surface area contributed by atoms with Gasteiger partial charge in [-0.05, 0) is 51.3 Å². The van der Waals surface area contributed by atoms with Crippen LogP contribution in [0.4, 0.5) is 0 Å². The SMILES string of the molecule is CCCN(CCC)C(=O)C(CCC(=O)N(CC)CC)NC(=O)/C=C/c1ccco1. The van der Waals surface area contributed by atoms with Crippen molar-refractivity contribution < 1.29 is 18.8 Å². The Morgan fingerprint density at radius 1 is 1.07 bits per heavy atom. The van der Waals surface area contributed by atoms with Gasteiger partial charge in [-0.1, -0.05) is 13.8 Å². The van der Waals surface area contributed by atoms with Crippen LogP contribution in [0.25, 0.3) is 6.08 Å². The Balaban J connectivity index is 2.86. The maximum Gasteiger partial charge on any atom is 0.245 e. The van der Waals surface area contributed by atoms with Crippen molar-refractivity contribution in [2.24, 2.45) is 0 Å². The number of amides is 3. The summed E-state index contributed by atoms with van der Waals surface area (Å²) in [6, 6.07) is 2.73. The van der Waals surface area contributed by atoms with E-state index in [1.54, 1.807) is 28.0 Å². The van der Waals surface area contributed by atoms with Crippen molar-refractivity contribution in [3.8, 4) is 0 Å². The van der Waals surface area contributed by atoms with Crippen molar-refractivity contribution in [3.05, 3.63) is 30.2 Å². The summed E-state index contributed by atoms with van der Waals surface area (Å²) in [7, 11) is 0. The molecule has 1 aromatic rings. The second-order valence-electron chi connectivity index (χ2n) is 6.84. The number of carbonyl (C=O) groups excluding carboxylic acids is 3. The average molecular weight is 406 g/mol. The van der Waals surface area contributed by atoms with Crippen molar-refractivity contribution in [1.82, 2.24) is 15.1 Å². The maximum atomic E-state index is 13.1. The largest absolute Gasteiger partial charge is 0.465 e. The molecule has 0 bridgehead atoms. The van der Waals surface area contributed by atoms with Crippen LogP contribution in [0.2, 0.25) is 0 Å². The Labute approximate surface area is 174 Å². The van der Waals surface area contributed by atoms with Gasteiger partial charge in [0.2, 0.25) is 17.7 Å². The highest BCUT2D eigenvalue weighted by atomic mass is 16.3. The van der Waals surface area contributed by atoms with Crippen molar-refractivity contribution in [2.45, 2.75) is 59.4 Å². The Bertz CT molecular complexity index is 645. The number of furan rings is 1. The highest BCUT2D eigenvalue weighted by molar-refractivity contribution is 5.95. The summed E-state index contributed by atoms with van der Waals surface area (Å²) in [5, 5.41) is 2.78. The van der Waals surface area contributed by atoms with Gasteiger partial charge < -0.3 is 19.5 Å². The van der Waals surface area contributed by atoms with Crippen LogP contribution in [0.15, 0.2) is 28.9 Å². The van der Waals surface area contributed by atoms with E-state index in [0.29, 0.717) is 31.9 Å². The predicted molar refractivity (Wildman–Crippen MR) is 114 cm³/mol. The molecule has 0 fully saturated rings. The van der Waals surface area contributed by atoms with Gasteiger partial charge in [-0.3, -0.25) is 14.4 Å². The summed E-state index contributed by atoms with van der Waals surface area (Å²) in [4.78, 5) is 41.3. The zero-order valence-corrected chi connectivity index (χ0v) is 18.1. The van der Waals surface area contributed by atoms with E-state index in [0.717, 1.165) is 12.8 Å². The molecule has 3 amide bonds. The van der Waals surface area contributed by atoms with Crippen LogP contribution in [-0.4, -0.2) is 59.7 Å². The first kappa shape index (κ1) is 24.5. The Morgan fingerprint density at radius 3 is 2.24 bits per heavy atom. The van der Waals surface area contributed by atoms with Crippen molar-refractivity contribution in [1.29, 1.82) is 0 Å². The average Bonchev–Trinajstić information content (AvgIpc) is 3.23. The molecule has 1 atom stereocenters. The van der Waals surface area contributed by atoms with Gasteiger partial charge in [0.1, 0.15) is 11.8 Å². The minimum absolute atomic E-state index is 0.00860. The van der Waals surface area contributed by atoms with Gasteiger partial charge in [-0.15, -0.1) is 0 Å². The van der Waals surface area contributed by atoms with E-state index < -0.39 is 6.04 Å². The molecule has 1 aromatic heterocycles. The molecule has 0 saturated heterocycles. The first-order chi connectivity index (χ1) is 14.0. The minimum Gasteiger partial charge on any atom is -0.465 e. The number of nitrogens with zero attached hydrogens (tertiary/aromatic N) is 2. The van der Waals surface area contributed by atoms with E-state index in [2.05, 4.69) is 5.32 Å². The number of hydrogen-bond donors (Lipinski definition) is 1. The fourth-order valence-electron chi connectivity index (χ4n) is 3.12. The van der Waals surface area contributed by atoms with Gasteiger partial charge in [0.15, 0.2) is 0 Å². The van der Waals surface area contributed by atoms with E-state index >= 15 is 0 Å². The van der Waals surface area contributed by atoms with Crippen molar-refractivity contribution in [3.63, 3.8) is 0 Å². The molecule has 0 radical (unpaired) electrons. The van der Waals surface area contributed by atoms with Gasteiger partial charge in [0, 0.05) is 38.7 Å². The van der Waals surface area contributed by atoms with Crippen LogP contribution in [-0.2, 0) is 14.4 Å². The van der Waals surface area contributed by atoms with Gasteiger partial charge in [0.25, 0.3) is 0 Å². The lowest BCUT2D eigenvalue weighted by Gasteiger charge is -2.28. The lowest BCUT2D eigenvalue weighted by Crippen LogP contribution is -2.49. The molecular formula is C22H35N3O4. The molecule has 0 spiro atoms. The topological polar surface area (TPSA) is 82.9 Å². The molecule has 0 aliphatic rings. The summed E-state index contributed by atoms with van der Waals surface area (Å²) in [5.74, 6) is 0.0211. The van der Waals surface area contributed by atoms with Gasteiger partial charge in [-0.2, -0.15) is 0 Å². The zero-order chi connectivity index (χ0) is 21.6. The molecule has 7 heteroatoms. The third kappa shape index (κ3) is 8.54. The molecule has 0 saturated carbocycles. The first-order valence-electron chi connectivity index (χ1n) is 10.5. The van der Waals surface area contributed by atoms with Crippen LogP contribution >= 0.6 is 0 Å². The molecule has 0 aliphatic carbocycles. The Kier molecular flexibility index (Phi) is 11.5. The highest BCUT2D eigenvalue weighted by Gasteiger charge is 2.26. The number of hydrogen-bond acceptors (Lipinski definition) is 4. The van der Waals surface area contributed by atoms with Crippen LogP contribution in [0, 0.1) is 0 Å². The quantitative estimate of drug-likeness (QED) is 0.511. The van der Waals surface area contributed by atoms with Gasteiger partial charge in [0.05, 0.1) is 6.26 Å². The van der Waals surface area contributed by atoms with E-state index in [-0.39, 0.29) is 30.6 Å². The van der Waals surface area contributed by atoms with Crippen LogP contribution < -0.4 is 5.32 Å². The summed E-state index contributed by atoms with van der Waals surface area (Å²) < 4.78 is 5.18. The summed E-state index contributed by atoms with van der Waals surface area (Å²) in [5.41, 5.74) is 0. The van der Waals surface area contributed by atoms with Gasteiger partial charge in [-0.25, -0.2) is 0 Å². The standard InChI is InChI=1S/C22H35N3O4/c1-5-15-25(16-6-2)22(28)19(12-14-21(27)24(7-3)8-4)23-20(26)13-11-18-10-9-17-29-18/h9-11,13,17,19H,5-8,12,14-16H2,1-4H3,(H,23,26)/b13-11+. The molecule has 162 valence electrons. The van der Waals surface area contributed by atoms with E-state index in [1.807, 2.05) is 27.7 Å². The molecule has 0 aliphatic heterocycles. The molecule has 1 N–H and O–H groups in total. The second-order valence-corrected chi connectivity index (χ2v) is 6.84. The zero-order valence-electron chi connectivity index (χ0n) is 18.1. The molecule has 1 unspecified atom stereocenters. The summed E-state index contributed by atoms with van der Waals surface area (Å²) >= 11 is 0. The Morgan fingerprint density at radius 2 is 1.72 bits per heavy atom. The normalized spacial score (nSPS) is 12.0. The third-order valence-electron chi connectivity index (χ3n) is 4.62. The molecule has 1 heterocycles.